The molecule has 2 nitrogen and oxygen atoms in total. The zero-order valence-electron chi connectivity index (χ0n) is 11.6. The number of hydrogen-bond acceptors (Lipinski definition) is 2. The van der Waals surface area contributed by atoms with Crippen molar-refractivity contribution in [3.63, 3.8) is 0 Å². The lowest BCUT2D eigenvalue weighted by molar-refractivity contribution is 0.259. The Balaban J connectivity index is 1.81. The second-order valence-corrected chi connectivity index (χ2v) is 5.79. The second kappa shape index (κ2) is 6.04. The summed E-state index contributed by atoms with van der Waals surface area (Å²) in [6, 6.07) is 12.2. The average molecular weight is 306 g/mol. The van der Waals surface area contributed by atoms with Crippen LogP contribution in [-0.4, -0.2) is 6.61 Å². The molecule has 1 aliphatic rings. The number of fused-ring (bicyclic) bond motifs is 1. The zero-order valence-corrected chi connectivity index (χ0v) is 12.3. The van der Waals surface area contributed by atoms with Crippen LogP contribution in [0.5, 0.6) is 5.75 Å². The van der Waals surface area contributed by atoms with Crippen molar-refractivity contribution >= 4 is 11.6 Å². The van der Waals surface area contributed by atoms with Crippen LogP contribution in [0.3, 0.4) is 0 Å². The lowest BCUT2D eigenvalue weighted by Gasteiger charge is -2.28. The Hall–Kier alpha value is -1.58. The van der Waals surface area contributed by atoms with Crippen molar-refractivity contribution in [2.24, 2.45) is 5.73 Å². The fraction of sp³-hybridized carbons (Fsp3) is 0.294. The lowest BCUT2D eigenvalue weighted by atomic mass is 9.86. The minimum absolute atomic E-state index is 0.214. The molecular formula is C17H17ClFNO. The first-order valence-corrected chi connectivity index (χ1v) is 7.45. The summed E-state index contributed by atoms with van der Waals surface area (Å²) in [7, 11) is 0. The Morgan fingerprint density at radius 3 is 2.90 bits per heavy atom. The van der Waals surface area contributed by atoms with Gasteiger partial charge in [-0.1, -0.05) is 35.9 Å². The molecular weight excluding hydrogens is 289 g/mol. The van der Waals surface area contributed by atoms with Gasteiger partial charge in [-0.3, -0.25) is 0 Å². The zero-order chi connectivity index (χ0) is 14.8. The molecule has 1 heterocycles. The molecule has 0 saturated carbocycles. The molecule has 21 heavy (non-hydrogen) atoms. The summed E-state index contributed by atoms with van der Waals surface area (Å²) in [5.74, 6) is 0.935. The first-order chi connectivity index (χ1) is 10.1. The molecule has 110 valence electrons. The molecule has 2 aromatic rings. The highest BCUT2D eigenvalue weighted by Crippen LogP contribution is 2.39. The first-order valence-electron chi connectivity index (χ1n) is 7.07. The number of para-hydroxylation sites is 1. The summed E-state index contributed by atoms with van der Waals surface area (Å²) in [5, 5.41) is 0.392. The maximum Gasteiger partial charge on any atom is 0.124 e. The van der Waals surface area contributed by atoms with E-state index in [1.165, 1.54) is 17.7 Å². The van der Waals surface area contributed by atoms with E-state index in [2.05, 4.69) is 6.07 Å². The van der Waals surface area contributed by atoms with Crippen molar-refractivity contribution in [3.8, 4) is 5.75 Å². The summed E-state index contributed by atoms with van der Waals surface area (Å²) >= 11 is 6.10. The molecule has 0 spiro atoms. The van der Waals surface area contributed by atoms with Crippen molar-refractivity contribution < 1.29 is 9.13 Å². The summed E-state index contributed by atoms with van der Waals surface area (Å²) in [6.07, 6.45) is 1.70. The van der Waals surface area contributed by atoms with E-state index in [1.54, 1.807) is 6.07 Å². The van der Waals surface area contributed by atoms with Crippen LogP contribution in [0.4, 0.5) is 4.39 Å². The quantitative estimate of drug-likeness (QED) is 0.910. The molecule has 0 bridgehead atoms. The Kier molecular flexibility index (Phi) is 4.13. The number of hydrogen-bond donors (Lipinski definition) is 1. The predicted octanol–water partition coefficient (Wildman–Crippen LogP) is 4.44. The molecule has 2 atom stereocenters. The van der Waals surface area contributed by atoms with Gasteiger partial charge in [-0.25, -0.2) is 4.39 Å². The van der Waals surface area contributed by atoms with Crippen molar-refractivity contribution in [3.05, 3.63) is 64.4 Å². The third-order valence-corrected chi connectivity index (χ3v) is 4.31. The number of ether oxygens (including phenoxy) is 1. The van der Waals surface area contributed by atoms with Crippen LogP contribution < -0.4 is 10.5 Å². The van der Waals surface area contributed by atoms with Gasteiger partial charge in [0.2, 0.25) is 0 Å². The molecule has 0 aromatic heterocycles. The molecule has 0 saturated heterocycles. The van der Waals surface area contributed by atoms with E-state index < -0.39 is 0 Å². The minimum Gasteiger partial charge on any atom is -0.493 e. The minimum atomic E-state index is -0.340. The van der Waals surface area contributed by atoms with Crippen molar-refractivity contribution in [1.82, 2.24) is 0 Å². The second-order valence-electron chi connectivity index (χ2n) is 5.38. The van der Waals surface area contributed by atoms with Gasteiger partial charge in [0.15, 0.2) is 0 Å². The maximum atomic E-state index is 13.1. The lowest BCUT2D eigenvalue weighted by Crippen LogP contribution is -2.20. The van der Waals surface area contributed by atoms with Gasteiger partial charge in [-0.15, -0.1) is 0 Å². The van der Waals surface area contributed by atoms with E-state index in [0.717, 1.165) is 24.2 Å². The van der Waals surface area contributed by atoms with Crippen molar-refractivity contribution in [2.45, 2.75) is 24.8 Å². The maximum absolute atomic E-state index is 13.1. The number of benzene rings is 2. The summed E-state index contributed by atoms with van der Waals surface area (Å²) in [6.45, 7) is 0.700. The van der Waals surface area contributed by atoms with E-state index in [1.807, 2.05) is 18.2 Å². The normalized spacial score (nSPS) is 18.7. The first kappa shape index (κ1) is 14.4. The van der Waals surface area contributed by atoms with Crippen LogP contribution in [0.15, 0.2) is 42.5 Å². The van der Waals surface area contributed by atoms with Crippen LogP contribution in [0.25, 0.3) is 0 Å². The molecule has 0 fully saturated rings. The molecule has 3 rings (SSSR count). The summed E-state index contributed by atoms with van der Waals surface area (Å²) in [4.78, 5) is 0. The SMILES string of the molecule is NC(CC1CCOc2ccccc21)c1ccc(F)cc1Cl. The summed E-state index contributed by atoms with van der Waals surface area (Å²) < 4.78 is 18.8. The van der Waals surface area contributed by atoms with E-state index >= 15 is 0 Å². The Morgan fingerprint density at radius 2 is 2.10 bits per heavy atom. The number of rotatable bonds is 3. The molecule has 2 N–H and O–H groups in total. The van der Waals surface area contributed by atoms with Gasteiger partial charge in [-0.2, -0.15) is 0 Å². The number of nitrogens with two attached hydrogens (primary N) is 1. The Labute approximate surface area is 128 Å². The van der Waals surface area contributed by atoms with Gasteiger partial charge >= 0.3 is 0 Å². The predicted molar refractivity (Wildman–Crippen MR) is 82.3 cm³/mol. The highest BCUT2D eigenvalue weighted by molar-refractivity contribution is 6.31. The van der Waals surface area contributed by atoms with Gasteiger partial charge in [0.1, 0.15) is 11.6 Å². The standard InChI is InChI=1S/C17H17ClFNO/c18-15-10-12(19)5-6-14(15)16(20)9-11-7-8-21-17-4-2-1-3-13(11)17/h1-6,10-11,16H,7-9,20H2. The third-order valence-electron chi connectivity index (χ3n) is 3.98. The average Bonchev–Trinajstić information content (AvgIpc) is 2.47. The van der Waals surface area contributed by atoms with E-state index in [4.69, 9.17) is 22.1 Å². The van der Waals surface area contributed by atoms with E-state index in [9.17, 15) is 4.39 Å². The number of halogens is 2. The van der Waals surface area contributed by atoms with Gasteiger partial charge in [-0.05, 0) is 48.1 Å². The molecule has 0 amide bonds. The molecule has 4 heteroatoms. The molecule has 0 aliphatic carbocycles. The topological polar surface area (TPSA) is 35.2 Å². The van der Waals surface area contributed by atoms with Crippen LogP contribution >= 0.6 is 11.6 Å². The monoisotopic (exact) mass is 305 g/mol. The van der Waals surface area contributed by atoms with Crippen LogP contribution in [0.2, 0.25) is 5.02 Å². The summed E-state index contributed by atoms with van der Waals surface area (Å²) in [5.41, 5.74) is 8.27. The fourth-order valence-corrected chi connectivity index (χ4v) is 3.20. The van der Waals surface area contributed by atoms with Crippen molar-refractivity contribution in [1.29, 1.82) is 0 Å². The Bertz CT molecular complexity index is 646. The van der Waals surface area contributed by atoms with Crippen LogP contribution in [-0.2, 0) is 0 Å². The third kappa shape index (κ3) is 3.04. The fourth-order valence-electron chi connectivity index (χ4n) is 2.90. The molecule has 1 aliphatic heterocycles. The molecule has 2 aromatic carbocycles. The smallest absolute Gasteiger partial charge is 0.124 e. The van der Waals surface area contributed by atoms with E-state index in [0.29, 0.717) is 17.5 Å². The van der Waals surface area contributed by atoms with Gasteiger partial charge in [0.25, 0.3) is 0 Å². The van der Waals surface area contributed by atoms with E-state index in [-0.39, 0.29) is 11.9 Å². The largest absolute Gasteiger partial charge is 0.493 e. The van der Waals surface area contributed by atoms with Gasteiger partial charge in [0, 0.05) is 11.1 Å². The van der Waals surface area contributed by atoms with Crippen LogP contribution in [0, 0.1) is 5.82 Å². The molecule has 2 unspecified atom stereocenters. The van der Waals surface area contributed by atoms with Gasteiger partial charge < -0.3 is 10.5 Å². The molecule has 0 radical (unpaired) electrons. The van der Waals surface area contributed by atoms with Crippen LogP contribution in [0.1, 0.15) is 35.9 Å². The highest BCUT2D eigenvalue weighted by atomic mass is 35.5. The highest BCUT2D eigenvalue weighted by Gasteiger charge is 2.24. The van der Waals surface area contributed by atoms with Gasteiger partial charge in [0.05, 0.1) is 6.61 Å². The van der Waals surface area contributed by atoms with Crippen molar-refractivity contribution in [2.75, 3.05) is 6.61 Å². The Morgan fingerprint density at radius 1 is 1.29 bits per heavy atom.